The van der Waals surface area contributed by atoms with Crippen molar-refractivity contribution < 1.29 is 5.11 Å². The SMILES string of the molecule is CC(CCc1ccc(O)cc1)NC1Cc2ccccc2C1. The highest BCUT2D eigenvalue weighted by Crippen LogP contribution is 2.22. The molecule has 2 aromatic rings. The maximum atomic E-state index is 9.30. The second kappa shape index (κ2) is 6.31. The Morgan fingerprint density at radius 3 is 2.29 bits per heavy atom. The number of phenolic OH excluding ortho intramolecular Hbond substituents is 1. The molecule has 2 nitrogen and oxygen atoms in total. The van der Waals surface area contributed by atoms with Gasteiger partial charge in [0, 0.05) is 12.1 Å². The zero-order valence-corrected chi connectivity index (χ0v) is 12.5. The quantitative estimate of drug-likeness (QED) is 0.879. The molecule has 0 spiro atoms. The molecule has 0 saturated carbocycles. The Morgan fingerprint density at radius 2 is 1.67 bits per heavy atom. The lowest BCUT2D eigenvalue weighted by molar-refractivity contribution is 0.436. The summed E-state index contributed by atoms with van der Waals surface area (Å²) < 4.78 is 0. The van der Waals surface area contributed by atoms with Gasteiger partial charge in [0.15, 0.2) is 0 Å². The van der Waals surface area contributed by atoms with Crippen LogP contribution in [0.2, 0.25) is 0 Å². The van der Waals surface area contributed by atoms with Crippen LogP contribution in [0.3, 0.4) is 0 Å². The summed E-state index contributed by atoms with van der Waals surface area (Å²) >= 11 is 0. The van der Waals surface area contributed by atoms with Gasteiger partial charge in [-0.25, -0.2) is 0 Å². The minimum Gasteiger partial charge on any atom is -0.508 e. The van der Waals surface area contributed by atoms with Gasteiger partial charge in [0.1, 0.15) is 5.75 Å². The van der Waals surface area contributed by atoms with Gasteiger partial charge < -0.3 is 10.4 Å². The first-order chi connectivity index (χ1) is 10.2. The zero-order chi connectivity index (χ0) is 14.7. The van der Waals surface area contributed by atoms with Gasteiger partial charge in [-0.1, -0.05) is 36.4 Å². The van der Waals surface area contributed by atoms with Crippen LogP contribution in [0.4, 0.5) is 0 Å². The molecular formula is C19H23NO. The van der Waals surface area contributed by atoms with E-state index in [0.29, 0.717) is 17.8 Å². The summed E-state index contributed by atoms with van der Waals surface area (Å²) in [7, 11) is 0. The Morgan fingerprint density at radius 1 is 1.05 bits per heavy atom. The molecule has 0 aromatic heterocycles. The summed E-state index contributed by atoms with van der Waals surface area (Å²) in [5.41, 5.74) is 4.29. The largest absolute Gasteiger partial charge is 0.508 e. The van der Waals surface area contributed by atoms with Gasteiger partial charge in [-0.15, -0.1) is 0 Å². The molecule has 0 amide bonds. The summed E-state index contributed by atoms with van der Waals surface area (Å²) in [6.45, 7) is 2.27. The molecule has 0 aliphatic heterocycles. The second-order valence-electron chi connectivity index (χ2n) is 6.15. The number of aryl methyl sites for hydroxylation is 1. The molecule has 2 heteroatoms. The fourth-order valence-electron chi connectivity index (χ4n) is 3.21. The van der Waals surface area contributed by atoms with Crippen molar-refractivity contribution in [3.63, 3.8) is 0 Å². The minimum atomic E-state index is 0.341. The van der Waals surface area contributed by atoms with Crippen LogP contribution in [0.15, 0.2) is 48.5 Å². The number of fused-ring (bicyclic) bond motifs is 1. The van der Waals surface area contributed by atoms with Crippen molar-refractivity contribution in [3.05, 3.63) is 65.2 Å². The van der Waals surface area contributed by atoms with E-state index in [1.165, 1.54) is 16.7 Å². The average molecular weight is 281 g/mol. The third-order valence-corrected chi connectivity index (χ3v) is 4.37. The summed E-state index contributed by atoms with van der Waals surface area (Å²) in [5, 5.41) is 13.1. The number of benzene rings is 2. The molecule has 1 unspecified atom stereocenters. The van der Waals surface area contributed by atoms with Gasteiger partial charge in [-0.3, -0.25) is 0 Å². The topological polar surface area (TPSA) is 32.3 Å². The molecule has 1 atom stereocenters. The lowest BCUT2D eigenvalue weighted by atomic mass is 10.0. The molecule has 3 rings (SSSR count). The van der Waals surface area contributed by atoms with Crippen LogP contribution in [0.25, 0.3) is 0 Å². The van der Waals surface area contributed by atoms with E-state index < -0.39 is 0 Å². The van der Waals surface area contributed by atoms with Gasteiger partial charge in [0.2, 0.25) is 0 Å². The fraction of sp³-hybridized carbons (Fsp3) is 0.368. The highest BCUT2D eigenvalue weighted by atomic mass is 16.3. The van der Waals surface area contributed by atoms with E-state index in [1.54, 1.807) is 12.1 Å². The third-order valence-electron chi connectivity index (χ3n) is 4.37. The van der Waals surface area contributed by atoms with Gasteiger partial charge in [0.25, 0.3) is 0 Å². The highest BCUT2D eigenvalue weighted by molar-refractivity contribution is 5.33. The van der Waals surface area contributed by atoms with Crippen LogP contribution in [0, 0.1) is 0 Å². The Bertz CT molecular complexity index is 566. The van der Waals surface area contributed by atoms with Crippen LogP contribution < -0.4 is 5.32 Å². The maximum absolute atomic E-state index is 9.30. The number of rotatable bonds is 5. The lowest BCUT2D eigenvalue weighted by Gasteiger charge is -2.19. The molecule has 2 N–H and O–H groups in total. The van der Waals surface area contributed by atoms with Gasteiger partial charge in [0.05, 0.1) is 0 Å². The van der Waals surface area contributed by atoms with Crippen molar-refractivity contribution in [3.8, 4) is 5.75 Å². The Balaban J connectivity index is 1.47. The molecule has 1 aliphatic carbocycles. The van der Waals surface area contributed by atoms with Crippen molar-refractivity contribution in [2.24, 2.45) is 0 Å². The first kappa shape index (κ1) is 14.2. The van der Waals surface area contributed by atoms with Crippen LogP contribution in [0.1, 0.15) is 30.0 Å². The third kappa shape index (κ3) is 3.64. The normalized spacial score (nSPS) is 15.9. The molecule has 21 heavy (non-hydrogen) atoms. The van der Waals surface area contributed by atoms with E-state index in [9.17, 15) is 5.11 Å². The standard InChI is InChI=1S/C19H23NO/c1-14(6-7-15-8-10-19(21)11-9-15)20-18-12-16-4-2-3-5-17(16)13-18/h2-5,8-11,14,18,20-21H,6-7,12-13H2,1H3. The minimum absolute atomic E-state index is 0.341. The van der Waals surface area contributed by atoms with Crippen molar-refractivity contribution in [1.29, 1.82) is 0 Å². The first-order valence-electron chi connectivity index (χ1n) is 7.81. The number of phenols is 1. The number of hydrogen-bond acceptors (Lipinski definition) is 2. The van der Waals surface area contributed by atoms with Crippen molar-refractivity contribution in [1.82, 2.24) is 5.32 Å². The highest BCUT2D eigenvalue weighted by Gasteiger charge is 2.21. The molecular weight excluding hydrogens is 258 g/mol. The average Bonchev–Trinajstić information content (AvgIpc) is 2.88. The van der Waals surface area contributed by atoms with E-state index in [4.69, 9.17) is 0 Å². The van der Waals surface area contributed by atoms with E-state index in [-0.39, 0.29) is 0 Å². The lowest BCUT2D eigenvalue weighted by Crippen LogP contribution is -2.37. The van der Waals surface area contributed by atoms with Crippen LogP contribution >= 0.6 is 0 Å². The van der Waals surface area contributed by atoms with Gasteiger partial charge >= 0.3 is 0 Å². The van der Waals surface area contributed by atoms with E-state index in [0.717, 1.165) is 25.7 Å². The second-order valence-corrected chi connectivity index (χ2v) is 6.15. The molecule has 0 fully saturated rings. The molecule has 0 saturated heterocycles. The van der Waals surface area contributed by atoms with Gasteiger partial charge in [-0.05, 0) is 61.4 Å². The van der Waals surface area contributed by atoms with Gasteiger partial charge in [-0.2, -0.15) is 0 Å². The predicted molar refractivity (Wildman–Crippen MR) is 86.7 cm³/mol. The number of aromatic hydroxyl groups is 1. The monoisotopic (exact) mass is 281 g/mol. The summed E-state index contributed by atoms with van der Waals surface area (Å²) in [4.78, 5) is 0. The first-order valence-corrected chi connectivity index (χ1v) is 7.81. The smallest absolute Gasteiger partial charge is 0.115 e. The number of nitrogens with one attached hydrogen (secondary N) is 1. The summed E-state index contributed by atoms with van der Waals surface area (Å²) in [6.07, 6.45) is 4.48. The van der Waals surface area contributed by atoms with Crippen LogP contribution in [-0.4, -0.2) is 17.2 Å². The maximum Gasteiger partial charge on any atom is 0.115 e. The number of hydrogen-bond donors (Lipinski definition) is 2. The van der Waals surface area contributed by atoms with E-state index in [2.05, 4.69) is 36.5 Å². The predicted octanol–water partition coefficient (Wildman–Crippen LogP) is 3.47. The van der Waals surface area contributed by atoms with Crippen LogP contribution in [0.5, 0.6) is 5.75 Å². The van der Waals surface area contributed by atoms with E-state index >= 15 is 0 Å². The zero-order valence-electron chi connectivity index (χ0n) is 12.5. The fourth-order valence-corrected chi connectivity index (χ4v) is 3.21. The Labute approximate surface area is 126 Å². The molecule has 1 aliphatic rings. The molecule has 0 radical (unpaired) electrons. The molecule has 110 valence electrons. The van der Waals surface area contributed by atoms with Crippen molar-refractivity contribution >= 4 is 0 Å². The van der Waals surface area contributed by atoms with E-state index in [1.807, 2.05) is 12.1 Å². The van der Waals surface area contributed by atoms with Crippen molar-refractivity contribution in [2.75, 3.05) is 0 Å². The Hall–Kier alpha value is -1.80. The summed E-state index contributed by atoms with van der Waals surface area (Å²) in [6, 6.07) is 17.4. The van der Waals surface area contributed by atoms with Crippen molar-refractivity contribution in [2.45, 2.75) is 44.7 Å². The molecule has 0 heterocycles. The Kier molecular flexibility index (Phi) is 4.26. The molecule has 2 aromatic carbocycles. The van der Waals surface area contributed by atoms with Crippen LogP contribution in [-0.2, 0) is 19.3 Å². The molecule has 0 bridgehead atoms. The summed E-state index contributed by atoms with van der Waals surface area (Å²) in [5.74, 6) is 0.341.